The minimum atomic E-state index is -0.864. The first-order chi connectivity index (χ1) is 38.5. The van der Waals surface area contributed by atoms with E-state index in [9.17, 15) is 19.9 Å². The van der Waals surface area contributed by atoms with Crippen LogP contribution in [0.25, 0.3) is 0 Å². The van der Waals surface area contributed by atoms with E-state index >= 15 is 0 Å². The molecule has 1 amide bonds. The second-order valence-corrected chi connectivity index (χ2v) is 23.4. The third-order valence-corrected chi connectivity index (χ3v) is 16.0. The molecular weight excluding hydrogens is 1020 g/mol. The number of aromatic carboxylic acids is 1. The number of ether oxygens (including phenoxy) is 4. The summed E-state index contributed by atoms with van der Waals surface area (Å²) in [4.78, 5) is 29.7. The number of carboxylic acid groups (broad SMARTS) is 1. The van der Waals surface area contributed by atoms with E-state index in [2.05, 4.69) is 108 Å². The zero-order valence-corrected chi connectivity index (χ0v) is 48.6. The molecule has 81 heavy (non-hydrogen) atoms. The van der Waals surface area contributed by atoms with Crippen LogP contribution in [-0.4, -0.2) is 96.8 Å². The van der Waals surface area contributed by atoms with Crippen molar-refractivity contribution in [1.29, 1.82) is 0 Å². The molecule has 4 aliphatic rings. The van der Waals surface area contributed by atoms with Gasteiger partial charge in [-0.25, -0.2) is 4.79 Å². The first-order valence-electron chi connectivity index (χ1n) is 28.0. The number of benzene rings is 6. The molecule has 2 aliphatic heterocycles. The van der Waals surface area contributed by atoms with Gasteiger partial charge >= 0.3 is 5.97 Å². The summed E-state index contributed by atoms with van der Waals surface area (Å²) >= 11 is 0. The van der Waals surface area contributed by atoms with E-state index in [1.807, 2.05) is 102 Å². The Labute approximate surface area is 477 Å². The van der Waals surface area contributed by atoms with Gasteiger partial charge in [0.1, 0.15) is 22.9 Å². The summed E-state index contributed by atoms with van der Waals surface area (Å²) < 4.78 is 24.0. The van der Waals surface area contributed by atoms with Gasteiger partial charge in [-0.3, -0.25) is 14.6 Å². The summed E-state index contributed by atoms with van der Waals surface area (Å²) in [5.41, 5.74) is 15.9. The van der Waals surface area contributed by atoms with E-state index in [4.69, 9.17) is 29.9 Å². The lowest BCUT2D eigenvalue weighted by atomic mass is 9.76. The monoisotopic (exact) mass is 1100 g/mol. The van der Waals surface area contributed by atoms with Crippen LogP contribution in [0.2, 0.25) is 0 Å². The average Bonchev–Trinajstić information content (AvgIpc) is 3.99. The number of nitrogens with two attached hydrogens (primary N) is 1. The molecule has 6 aromatic rings. The van der Waals surface area contributed by atoms with Gasteiger partial charge in [-0.1, -0.05) is 83.1 Å². The van der Waals surface area contributed by atoms with Crippen molar-refractivity contribution < 1.29 is 44.1 Å². The summed E-state index contributed by atoms with van der Waals surface area (Å²) in [6, 6.07) is 43.3. The first-order valence-corrected chi connectivity index (χ1v) is 28.0. The molecule has 15 nitrogen and oxygen atoms in total. The molecule has 15 heteroatoms. The van der Waals surface area contributed by atoms with Gasteiger partial charge in [-0.15, -0.1) is 0 Å². The molecule has 10 rings (SSSR count). The van der Waals surface area contributed by atoms with Crippen LogP contribution in [0.15, 0.2) is 144 Å². The predicted octanol–water partition coefficient (Wildman–Crippen LogP) is 11.6. The second kappa shape index (κ2) is 25.1. The predicted molar refractivity (Wildman–Crippen MR) is 316 cm³/mol. The maximum Gasteiger partial charge on any atom is 0.335 e. The third kappa shape index (κ3) is 14.0. The summed E-state index contributed by atoms with van der Waals surface area (Å²) in [5, 5.41) is 36.7. The molecule has 0 bridgehead atoms. The molecular formula is C66H80N6O9. The fraction of sp³-hybridized carbons (Fsp3) is 0.394. The van der Waals surface area contributed by atoms with E-state index in [1.165, 1.54) is 22.3 Å². The molecule has 2 aliphatic carbocycles. The zero-order valence-electron chi connectivity index (χ0n) is 48.6. The van der Waals surface area contributed by atoms with Crippen molar-refractivity contribution in [3.63, 3.8) is 0 Å². The van der Waals surface area contributed by atoms with Crippen LogP contribution in [-0.2, 0) is 48.2 Å². The van der Waals surface area contributed by atoms with Gasteiger partial charge in [0.05, 0.1) is 42.1 Å². The summed E-state index contributed by atoms with van der Waals surface area (Å²) in [6.45, 7) is 23.2. The number of fused-ring (bicyclic) bond motifs is 2. The minimum absolute atomic E-state index is 0.0469. The van der Waals surface area contributed by atoms with Crippen LogP contribution < -0.4 is 20.5 Å². The molecule has 6 aromatic carbocycles. The number of hydrogen-bond acceptors (Lipinski definition) is 12. The Bertz CT molecular complexity index is 3250. The van der Waals surface area contributed by atoms with E-state index in [-0.39, 0.29) is 52.3 Å². The summed E-state index contributed by atoms with van der Waals surface area (Å²) in [6.07, 6.45) is 5.73. The number of aryl methyl sites for hydroxylation is 4. The molecule has 2 atom stereocenters. The van der Waals surface area contributed by atoms with Gasteiger partial charge in [0.2, 0.25) is 0 Å². The molecule has 0 saturated carbocycles. The van der Waals surface area contributed by atoms with Crippen LogP contribution in [0.1, 0.15) is 145 Å². The number of carbonyl (C=O) groups is 2. The molecule has 2 heterocycles. The Balaban J connectivity index is 0.000000179. The SMILES string of the molecule is CC1(C)OCC2(CCc3ccc(C(=O)O)cc3C2)N1Cc1ccccc1.Cc1cc(/C(=N\O)NC(=O)c2ccc3c(c2)CC2(CC3)COC(C)(C)N2Cc2ccccc2)ccc1OC(C)C.Cc1cc(/C(N)=N/O)ccc1OC(C)C. The fourth-order valence-electron chi connectivity index (χ4n) is 11.8. The molecule has 0 radical (unpaired) electrons. The van der Waals surface area contributed by atoms with Crippen LogP contribution in [0, 0.1) is 13.8 Å². The van der Waals surface area contributed by atoms with Gasteiger partial charge < -0.3 is 45.5 Å². The van der Waals surface area contributed by atoms with Crippen LogP contribution in [0.3, 0.4) is 0 Å². The van der Waals surface area contributed by atoms with Gasteiger partial charge in [0, 0.05) is 29.8 Å². The number of amides is 1. The normalized spacial score (nSPS) is 20.2. The first kappa shape index (κ1) is 59.6. The van der Waals surface area contributed by atoms with Gasteiger partial charge in [0.15, 0.2) is 11.7 Å². The molecule has 2 saturated heterocycles. The van der Waals surface area contributed by atoms with Crippen molar-refractivity contribution >= 4 is 23.5 Å². The third-order valence-electron chi connectivity index (χ3n) is 16.0. The maximum absolute atomic E-state index is 13.3. The zero-order chi connectivity index (χ0) is 58.3. The highest BCUT2D eigenvalue weighted by Crippen LogP contribution is 2.46. The van der Waals surface area contributed by atoms with Gasteiger partial charge in [-0.2, -0.15) is 0 Å². The number of carboxylic acids is 1. The quantitative estimate of drug-likeness (QED) is 0.0337. The van der Waals surface area contributed by atoms with Crippen molar-refractivity contribution in [1.82, 2.24) is 15.1 Å². The van der Waals surface area contributed by atoms with Crippen LogP contribution in [0.5, 0.6) is 11.5 Å². The largest absolute Gasteiger partial charge is 0.491 e. The minimum Gasteiger partial charge on any atom is -0.491 e. The summed E-state index contributed by atoms with van der Waals surface area (Å²) in [7, 11) is 0. The van der Waals surface area contributed by atoms with E-state index in [0.717, 1.165) is 85.4 Å². The molecule has 2 spiro atoms. The summed E-state index contributed by atoms with van der Waals surface area (Å²) in [5.74, 6) is 0.592. The van der Waals surface area contributed by atoms with Crippen LogP contribution >= 0.6 is 0 Å². The van der Waals surface area contributed by atoms with Crippen molar-refractivity contribution in [2.45, 2.75) is 156 Å². The molecule has 428 valence electrons. The van der Waals surface area contributed by atoms with Crippen molar-refractivity contribution in [2.24, 2.45) is 16.0 Å². The van der Waals surface area contributed by atoms with Crippen molar-refractivity contribution in [3.8, 4) is 11.5 Å². The topological polar surface area (TPSA) is 201 Å². The Morgan fingerprint density at radius 3 is 1.46 bits per heavy atom. The second-order valence-electron chi connectivity index (χ2n) is 23.4. The average molecular weight is 1100 g/mol. The fourth-order valence-corrected chi connectivity index (χ4v) is 11.8. The van der Waals surface area contributed by atoms with Crippen LogP contribution in [0.4, 0.5) is 0 Å². The van der Waals surface area contributed by atoms with E-state index in [0.29, 0.717) is 35.5 Å². The number of nitrogens with one attached hydrogen (secondary N) is 1. The van der Waals surface area contributed by atoms with Gasteiger partial charge in [-0.05, 0) is 213 Å². The lowest BCUT2D eigenvalue weighted by Crippen LogP contribution is -2.54. The highest BCUT2D eigenvalue weighted by Gasteiger charge is 2.54. The molecule has 0 aromatic heterocycles. The van der Waals surface area contributed by atoms with E-state index < -0.39 is 5.97 Å². The Kier molecular flexibility index (Phi) is 18.4. The highest BCUT2D eigenvalue weighted by atomic mass is 16.5. The standard InChI is InChI=1S/C33H39N3O4.C22H25NO3.C11H16N2O2/c1-22(2)40-29-14-13-26(17-23(29)3)30(35-38)34-31(37)27-12-11-25-15-16-33(19-28(25)18-27)21-39-32(4,5)36(33)20-24-9-7-6-8-10-24;1-21(2)23(14-16-6-4-3-5-7-16)22(15-26-21)11-10-17-8-9-18(20(24)25)12-19(17)13-22;1-7(2)15-10-5-4-9(6-8(10)3)11(12)13-14/h6-14,17-18,22,38H,15-16,19-21H2,1-5H3,(H,34,35,37);3-9,12H,10-11,13-15H2,1-2H3,(H,24,25);4-7,14H,1-3H3,(H2,12,13). The van der Waals surface area contributed by atoms with Crippen molar-refractivity contribution in [3.05, 3.63) is 200 Å². The van der Waals surface area contributed by atoms with Crippen molar-refractivity contribution in [2.75, 3.05) is 13.2 Å². The molecule has 2 unspecified atom stereocenters. The lowest BCUT2D eigenvalue weighted by Gasteiger charge is -2.45. The van der Waals surface area contributed by atoms with Gasteiger partial charge in [0.25, 0.3) is 5.91 Å². The maximum atomic E-state index is 13.3. The number of carbonyl (C=O) groups excluding carboxylic acids is 1. The Morgan fingerprint density at radius 2 is 1.02 bits per heavy atom. The number of amidine groups is 2. The number of nitrogens with zero attached hydrogens (tertiary/aromatic N) is 4. The smallest absolute Gasteiger partial charge is 0.335 e. The molecule has 6 N–H and O–H groups in total. The Morgan fingerprint density at radius 1 is 0.593 bits per heavy atom. The lowest BCUT2D eigenvalue weighted by molar-refractivity contribution is -0.0676. The molecule has 2 fully saturated rings. The number of oxime groups is 2. The Hall–Kier alpha value is -7.56. The van der Waals surface area contributed by atoms with E-state index in [1.54, 1.807) is 18.2 Å². The highest BCUT2D eigenvalue weighted by molar-refractivity contribution is 6.12. The number of hydrogen-bond donors (Lipinski definition) is 5. The number of rotatable bonds is 12.